The maximum atomic E-state index is 5.85. The quantitative estimate of drug-likeness (QED) is 0.649. The Morgan fingerprint density at radius 2 is 2.20 bits per heavy atom. The molecule has 74 valence electrons. The van der Waals surface area contributed by atoms with Crippen molar-refractivity contribution >= 4 is 28.6 Å². The first-order chi connectivity index (χ1) is 7.34. The van der Waals surface area contributed by atoms with Crippen LogP contribution in [-0.2, 0) is 0 Å². The Kier molecular flexibility index (Phi) is 1.97. The molecule has 0 saturated carbocycles. The highest BCUT2D eigenvalue weighted by Gasteiger charge is 2.07. The summed E-state index contributed by atoms with van der Waals surface area (Å²) in [7, 11) is 0. The van der Waals surface area contributed by atoms with Gasteiger partial charge in [0, 0.05) is 10.9 Å². The molecule has 3 nitrogen and oxygen atoms in total. The number of nitrogens with zero attached hydrogens (tertiary/aromatic N) is 3. The molecule has 5 heteroatoms. The van der Waals surface area contributed by atoms with E-state index in [1.165, 1.54) is 0 Å². The Bertz CT molecular complexity index is 600. The molecule has 0 aliphatic rings. The van der Waals surface area contributed by atoms with Crippen LogP contribution in [0.3, 0.4) is 0 Å². The minimum absolute atomic E-state index is 0.469. The number of rotatable bonds is 1. The molecular weight excluding hydrogens is 230 g/mol. The summed E-state index contributed by atoms with van der Waals surface area (Å²) in [6.07, 6.45) is 1.81. The fraction of sp³-hybridized carbons (Fsp3) is 0. The molecule has 3 rings (SSSR count). The molecule has 15 heavy (non-hydrogen) atoms. The summed E-state index contributed by atoms with van der Waals surface area (Å²) in [5.41, 5.74) is 2.89. The molecule has 0 aromatic carbocycles. The zero-order chi connectivity index (χ0) is 10.3. The Morgan fingerprint density at radius 3 is 3.00 bits per heavy atom. The van der Waals surface area contributed by atoms with E-state index in [-0.39, 0.29) is 0 Å². The van der Waals surface area contributed by atoms with Crippen molar-refractivity contribution in [3.63, 3.8) is 0 Å². The zero-order valence-corrected chi connectivity index (χ0v) is 9.16. The second-order valence-corrected chi connectivity index (χ2v) is 4.25. The van der Waals surface area contributed by atoms with Crippen LogP contribution in [-0.4, -0.2) is 14.6 Å². The number of hydrogen-bond donors (Lipinski definition) is 0. The van der Waals surface area contributed by atoms with Crippen LogP contribution in [0.4, 0.5) is 0 Å². The summed E-state index contributed by atoms with van der Waals surface area (Å²) >= 11 is 7.50. The number of fused-ring (bicyclic) bond motifs is 1. The van der Waals surface area contributed by atoms with Gasteiger partial charge in [-0.15, -0.1) is 0 Å². The summed E-state index contributed by atoms with van der Waals surface area (Å²) < 4.78 is 1.75. The van der Waals surface area contributed by atoms with Crippen LogP contribution in [0.25, 0.3) is 16.9 Å². The third-order valence-electron chi connectivity index (χ3n) is 2.15. The first-order valence-electron chi connectivity index (χ1n) is 4.37. The van der Waals surface area contributed by atoms with Gasteiger partial charge in [-0.1, -0.05) is 11.6 Å². The van der Waals surface area contributed by atoms with Crippen molar-refractivity contribution in [3.05, 3.63) is 40.3 Å². The van der Waals surface area contributed by atoms with Crippen LogP contribution < -0.4 is 0 Å². The Labute approximate surface area is 95.0 Å². The lowest BCUT2D eigenvalue weighted by Gasteiger charge is -1.97. The largest absolute Gasteiger partial charge is 0.235 e. The van der Waals surface area contributed by atoms with E-state index >= 15 is 0 Å². The second-order valence-electron chi connectivity index (χ2n) is 3.08. The lowest BCUT2D eigenvalue weighted by molar-refractivity contribution is 0.944. The fourth-order valence-corrected chi connectivity index (χ4v) is 2.25. The Hall–Kier alpha value is -1.39. The summed E-state index contributed by atoms with van der Waals surface area (Å²) in [6.45, 7) is 0. The standard InChI is InChI=1S/C10H6ClN3S/c11-9-1-2-10-12-5-8(14(10)13-9)7-3-4-15-6-7/h1-6H. The number of thiophene rings is 1. The molecule has 0 spiro atoms. The maximum Gasteiger partial charge on any atom is 0.154 e. The molecule has 0 saturated heterocycles. The average molecular weight is 236 g/mol. The minimum atomic E-state index is 0.469. The molecule has 3 aromatic heterocycles. The van der Waals surface area contributed by atoms with Gasteiger partial charge in [-0.05, 0) is 23.6 Å². The highest BCUT2D eigenvalue weighted by atomic mass is 35.5. The van der Waals surface area contributed by atoms with E-state index in [4.69, 9.17) is 11.6 Å². The van der Waals surface area contributed by atoms with E-state index in [0.29, 0.717) is 5.15 Å². The Balaban J connectivity index is 2.32. The molecule has 0 bridgehead atoms. The lowest BCUT2D eigenvalue weighted by Crippen LogP contribution is -1.93. The third-order valence-corrected chi connectivity index (χ3v) is 3.03. The molecule has 0 fully saturated rings. The van der Waals surface area contributed by atoms with Gasteiger partial charge in [0.25, 0.3) is 0 Å². The van der Waals surface area contributed by atoms with Crippen LogP contribution in [0, 0.1) is 0 Å². The molecular formula is C10H6ClN3S. The van der Waals surface area contributed by atoms with Crippen molar-refractivity contribution < 1.29 is 0 Å². The van der Waals surface area contributed by atoms with Gasteiger partial charge < -0.3 is 0 Å². The third kappa shape index (κ3) is 1.42. The highest BCUT2D eigenvalue weighted by Crippen LogP contribution is 2.22. The van der Waals surface area contributed by atoms with Crippen LogP contribution in [0.1, 0.15) is 0 Å². The summed E-state index contributed by atoms with van der Waals surface area (Å²) in [5, 5.41) is 8.77. The van der Waals surface area contributed by atoms with E-state index < -0.39 is 0 Å². The predicted octanol–water partition coefficient (Wildman–Crippen LogP) is 3.11. The van der Waals surface area contributed by atoms with Crippen molar-refractivity contribution in [2.75, 3.05) is 0 Å². The minimum Gasteiger partial charge on any atom is -0.235 e. The summed E-state index contributed by atoms with van der Waals surface area (Å²) in [5.74, 6) is 0. The molecule has 0 aliphatic heterocycles. The number of imidazole rings is 1. The summed E-state index contributed by atoms with van der Waals surface area (Å²) in [6, 6.07) is 5.63. The van der Waals surface area contributed by atoms with Crippen LogP contribution in [0.2, 0.25) is 5.15 Å². The van der Waals surface area contributed by atoms with Crippen molar-refractivity contribution in [2.45, 2.75) is 0 Å². The molecule has 3 aromatic rings. The van der Waals surface area contributed by atoms with E-state index in [9.17, 15) is 0 Å². The van der Waals surface area contributed by atoms with E-state index in [1.54, 1.807) is 28.1 Å². The van der Waals surface area contributed by atoms with E-state index in [0.717, 1.165) is 16.9 Å². The van der Waals surface area contributed by atoms with E-state index in [1.807, 2.05) is 17.5 Å². The smallest absolute Gasteiger partial charge is 0.154 e. The van der Waals surface area contributed by atoms with Crippen molar-refractivity contribution in [1.82, 2.24) is 14.6 Å². The maximum absolute atomic E-state index is 5.85. The van der Waals surface area contributed by atoms with Gasteiger partial charge in [0.15, 0.2) is 5.65 Å². The van der Waals surface area contributed by atoms with Gasteiger partial charge in [-0.3, -0.25) is 0 Å². The van der Waals surface area contributed by atoms with Gasteiger partial charge in [-0.2, -0.15) is 16.4 Å². The highest BCUT2D eigenvalue weighted by molar-refractivity contribution is 7.08. The molecule has 0 aliphatic carbocycles. The van der Waals surface area contributed by atoms with Crippen molar-refractivity contribution in [2.24, 2.45) is 0 Å². The van der Waals surface area contributed by atoms with Crippen LogP contribution in [0.5, 0.6) is 0 Å². The topological polar surface area (TPSA) is 30.2 Å². The Morgan fingerprint density at radius 1 is 1.27 bits per heavy atom. The number of aromatic nitrogens is 3. The molecule has 0 unspecified atom stereocenters. The second kappa shape index (κ2) is 3.32. The summed E-state index contributed by atoms with van der Waals surface area (Å²) in [4.78, 5) is 4.26. The van der Waals surface area contributed by atoms with Crippen molar-refractivity contribution in [3.8, 4) is 11.3 Å². The van der Waals surface area contributed by atoms with Crippen LogP contribution >= 0.6 is 22.9 Å². The average Bonchev–Trinajstić information content (AvgIpc) is 2.83. The molecule has 3 heterocycles. The van der Waals surface area contributed by atoms with Gasteiger partial charge in [-0.25, -0.2) is 9.50 Å². The fourth-order valence-electron chi connectivity index (χ4n) is 1.46. The molecule has 0 radical (unpaired) electrons. The normalized spacial score (nSPS) is 11.0. The van der Waals surface area contributed by atoms with Gasteiger partial charge in [0.2, 0.25) is 0 Å². The number of hydrogen-bond acceptors (Lipinski definition) is 3. The first kappa shape index (κ1) is 8.88. The molecule has 0 atom stereocenters. The first-order valence-corrected chi connectivity index (χ1v) is 5.69. The van der Waals surface area contributed by atoms with Crippen LogP contribution in [0.15, 0.2) is 35.2 Å². The monoisotopic (exact) mass is 235 g/mol. The molecule has 0 N–H and O–H groups in total. The lowest BCUT2D eigenvalue weighted by atomic mass is 10.3. The van der Waals surface area contributed by atoms with E-state index in [2.05, 4.69) is 15.5 Å². The number of halogens is 1. The van der Waals surface area contributed by atoms with Gasteiger partial charge >= 0.3 is 0 Å². The van der Waals surface area contributed by atoms with Crippen molar-refractivity contribution in [1.29, 1.82) is 0 Å². The predicted molar refractivity (Wildman–Crippen MR) is 61.3 cm³/mol. The van der Waals surface area contributed by atoms with Gasteiger partial charge in [0.1, 0.15) is 5.15 Å². The zero-order valence-electron chi connectivity index (χ0n) is 7.59. The SMILES string of the molecule is Clc1ccc2ncc(-c3ccsc3)n2n1. The molecule has 0 amide bonds. The van der Waals surface area contributed by atoms with Gasteiger partial charge in [0.05, 0.1) is 11.9 Å².